The largest absolute Gasteiger partial charge is 0.468 e. The molecule has 2 aliphatic heterocycles. The maximum Gasteiger partial charge on any atom is 0.241 e. The molecule has 1 aromatic rings. The van der Waals surface area contributed by atoms with Gasteiger partial charge in [0.2, 0.25) is 5.91 Å². The summed E-state index contributed by atoms with van der Waals surface area (Å²) in [4.78, 5) is 27.4. The number of Topliss-reactive ketones (excluding diaryl/α,β-unsaturated/α-hetero) is 1. The van der Waals surface area contributed by atoms with Crippen LogP contribution in [0.25, 0.3) is 0 Å². The number of carbonyl (C=O) groups excluding carboxylic acids is 2. The predicted molar refractivity (Wildman–Crippen MR) is 133 cm³/mol. The SMILES string of the molecule is C.O=C1CO[C@H]2CCCN(C(=O)[C@H](CC3CCCCC3)S(=O)(=O)Cc3ccco3)[C@@H]12.S.S. The van der Waals surface area contributed by atoms with Gasteiger partial charge in [-0.2, -0.15) is 27.0 Å². The minimum absolute atomic E-state index is 0. The van der Waals surface area contributed by atoms with Crippen LogP contribution in [0.3, 0.4) is 0 Å². The average Bonchev–Trinajstić information content (AvgIpc) is 3.36. The Morgan fingerprint density at radius 3 is 2.50 bits per heavy atom. The summed E-state index contributed by atoms with van der Waals surface area (Å²) in [7, 11) is -3.78. The van der Waals surface area contributed by atoms with Crippen molar-refractivity contribution in [1.29, 1.82) is 0 Å². The zero-order valence-electron chi connectivity index (χ0n) is 17.6. The Kier molecular flexibility index (Phi) is 11.3. The number of fused-ring (bicyclic) bond motifs is 1. The standard InChI is InChI=1S/C21H29NO6S.CH4.2H2S/c23-17-13-28-18-9-4-10-22(20(17)18)21(24)19(12-15-6-2-1-3-7-15)29(25,26)14-16-8-5-11-27-16;;;/h5,8,11,15,18-20H,1-4,6-7,9-10,12-14H2;1H4;2*1H2/t18-,19-,20-;;;/m0.../s1. The van der Waals surface area contributed by atoms with Crippen LogP contribution in [0, 0.1) is 5.92 Å². The van der Waals surface area contributed by atoms with Crippen molar-refractivity contribution >= 4 is 48.5 Å². The lowest BCUT2D eigenvalue weighted by molar-refractivity contribution is -0.140. The van der Waals surface area contributed by atoms with E-state index in [4.69, 9.17) is 9.15 Å². The van der Waals surface area contributed by atoms with E-state index in [0.29, 0.717) is 25.1 Å². The Hall–Kier alpha value is -0.970. The number of nitrogens with zero attached hydrogens (tertiary/aromatic N) is 1. The second-order valence-electron chi connectivity index (χ2n) is 8.55. The minimum atomic E-state index is -3.78. The fourth-order valence-electron chi connectivity index (χ4n) is 5.04. The summed E-state index contributed by atoms with van der Waals surface area (Å²) < 4.78 is 37.4. The van der Waals surface area contributed by atoms with Crippen LogP contribution in [-0.4, -0.2) is 55.6 Å². The third kappa shape index (κ3) is 6.33. The van der Waals surface area contributed by atoms with Gasteiger partial charge >= 0.3 is 0 Å². The fourth-order valence-corrected chi connectivity index (χ4v) is 6.81. The van der Waals surface area contributed by atoms with E-state index < -0.39 is 27.0 Å². The van der Waals surface area contributed by atoms with Crippen LogP contribution in [0.1, 0.15) is 64.6 Å². The molecule has 0 bridgehead atoms. The summed E-state index contributed by atoms with van der Waals surface area (Å²) in [5, 5.41) is -1.14. The zero-order valence-corrected chi connectivity index (χ0v) is 20.4. The van der Waals surface area contributed by atoms with Crippen molar-refractivity contribution in [1.82, 2.24) is 4.90 Å². The van der Waals surface area contributed by atoms with E-state index in [1.807, 2.05) is 0 Å². The van der Waals surface area contributed by atoms with Crippen molar-refractivity contribution < 1.29 is 27.2 Å². The number of hydrogen-bond donors (Lipinski definition) is 0. The predicted octanol–water partition coefficient (Wildman–Crippen LogP) is 3.35. The quantitative estimate of drug-likeness (QED) is 0.586. The van der Waals surface area contributed by atoms with Crippen LogP contribution in [0.2, 0.25) is 0 Å². The van der Waals surface area contributed by atoms with Gasteiger partial charge in [0.15, 0.2) is 15.6 Å². The number of hydrogen-bond acceptors (Lipinski definition) is 6. The molecule has 32 heavy (non-hydrogen) atoms. The first-order valence-electron chi connectivity index (χ1n) is 10.6. The Labute approximate surface area is 205 Å². The van der Waals surface area contributed by atoms with E-state index in [-0.39, 0.29) is 64.6 Å². The molecule has 3 aliphatic rings. The number of amides is 1. The molecule has 1 saturated carbocycles. The van der Waals surface area contributed by atoms with Crippen LogP contribution in [-0.2, 0) is 29.9 Å². The van der Waals surface area contributed by atoms with Gasteiger partial charge in [0, 0.05) is 6.54 Å². The number of sulfone groups is 1. The van der Waals surface area contributed by atoms with E-state index >= 15 is 0 Å². The Balaban J connectivity index is 0.00000171. The molecule has 0 spiro atoms. The Morgan fingerprint density at radius 2 is 1.84 bits per heavy atom. The molecule has 7 nitrogen and oxygen atoms in total. The van der Waals surface area contributed by atoms with Crippen molar-refractivity contribution in [3.8, 4) is 0 Å². The molecule has 0 unspecified atom stereocenters. The third-order valence-corrected chi connectivity index (χ3v) is 8.48. The number of rotatable bonds is 6. The molecular weight excluding hydrogens is 470 g/mol. The van der Waals surface area contributed by atoms with E-state index in [2.05, 4.69) is 0 Å². The van der Waals surface area contributed by atoms with Crippen molar-refractivity contribution in [2.24, 2.45) is 5.92 Å². The van der Waals surface area contributed by atoms with Crippen LogP contribution in [0.4, 0.5) is 0 Å². The molecule has 0 N–H and O–H groups in total. The van der Waals surface area contributed by atoms with E-state index in [1.54, 1.807) is 12.1 Å². The van der Waals surface area contributed by atoms with Crippen molar-refractivity contribution in [2.75, 3.05) is 13.2 Å². The number of piperidine rings is 1. The second kappa shape index (κ2) is 12.5. The van der Waals surface area contributed by atoms with Crippen molar-refractivity contribution in [3.05, 3.63) is 24.2 Å². The van der Waals surface area contributed by atoms with Gasteiger partial charge in [-0.05, 0) is 37.3 Å². The lowest BCUT2D eigenvalue weighted by atomic mass is 9.85. The topological polar surface area (TPSA) is 93.9 Å². The lowest BCUT2D eigenvalue weighted by Gasteiger charge is -2.38. The fraction of sp³-hybridized carbons (Fsp3) is 0.727. The highest BCUT2D eigenvalue weighted by molar-refractivity contribution is 7.92. The second-order valence-corrected chi connectivity index (χ2v) is 10.7. The highest BCUT2D eigenvalue weighted by Crippen LogP contribution is 2.33. The molecule has 0 aromatic carbocycles. The van der Waals surface area contributed by atoms with Gasteiger partial charge in [0.1, 0.15) is 29.4 Å². The molecule has 10 heteroatoms. The van der Waals surface area contributed by atoms with Gasteiger partial charge < -0.3 is 14.1 Å². The summed E-state index contributed by atoms with van der Waals surface area (Å²) >= 11 is 0. The summed E-state index contributed by atoms with van der Waals surface area (Å²) in [6.07, 6.45) is 8.12. The number of carbonyl (C=O) groups is 2. The summed E-state index contributed by atoms with van der Waals surface area (Å²) in [6.45, 7) is 0.415. The van der Waals surface area contributed by atoms with Crippen LogP contribution >= 0.6 is 27.0 Å². The van der Waals surface area contributed by atoms with Gasteiger partial charge in [-0.25, -0.2) is 8.42 Å². The number of ether oxygens (including phenoxy) is 1. The van der Waals surface area contributed by atoms with Crippen molar-refractivity contribution in [3.63, 3.8) is 0 Å². The Bertz CT molecular complexity index is 836. The summed E-state index contributed by atoms with van der Waals surface area (Å²) in [6, 6.07) is 2.63. The lowest BCUT2D eigenvalue weighted by Crippen LogP contribution is -2.56. The molecule has 184 valence electrons. The van der Waals surface area contributed by atoms with Crippen molar-refractivity contribution in [2.45, 2.75) is 81.9 Å². The number of furan rings is 1. The first kappa shape index (κ1) is 29.1. The highest BCUT2D eigenvalue weighted by atomic mass is 32.2. The Morgan fingerprint density at radius 1 is 1.12 bits per heavy atom. The van der Waals surface area contributed by atoms with Crippen LogP contribution in [0.15, 0.2) is 22.8 Å². The molecule has 1 aromatic heterocycles. The van der Waals surface area contributed by atoms with E-state index in [1.165, 1.54) is 11.2 Å². The summed E-state index contributed by atoms with van der Waals surface area (Å²) in [5.74, 6) is -0.294. The number of likely N-dealkylation sites (tertiary alicyclic amines) is 1. The smallest absolute Gasteiger partial charge is 0.241 e. The molecule has 1 amide bonds. The third-order valence-electron chi connectivity index (χ3n) is 6.53. The minimum Gasteiger partial charge on any atom is -0.468 e. The first-order valence-corrected chi connectivity index (χ1v) is 12.4. The molecule has 3 heterocycles. The van der Waals surface area contributed by atoms with Gasteiger partial charge in [0.05, 0.1) is 12.4 Å². The van der Waals surface area contributed by atoms with Gasteiger partial charge in [-0.15, -0.1) is 0 Å². The molecule has 3 atom stereocenters. The highest BCUT2D eigenvalue weighted by Gasteiger charge is 2.48. The van der Waals surface area contributed by atoms with Gasteiger partial charge in [-0.3, -0.25) is 9.59 Å². The van der Waals surface area contributed by atoms with Crippen LogP contribution < -0.4 is 0 Å². The molecule has 0 radical (unpaired) electrons. The molecule has 1 aliphatic carbocycles. The average molecular weight is 508 g/mol. The molecule has 4 rings (SSSR count). The van der Waals surface area contributed by atoms with Gasteiger partial charge in [-0.1, -0.05) is 39.5 Å². The molecular formula is C22H37NO6S3. The molecule has 2 saturated heterocycles. The normalized spacial score (nSPS) is 24.5. The monoisotopic (exact) mass is 507 g/mol. The maximum absolute atomic E-state index is 13.5. The summed E-state index contributed by atoms with van der Waals surface area (Å²) in [5.41, 5.74) is 0. The molecule has 3 fully saturated rings. The van der Waals surface area contributed by atoms with Gasteiger partial charge in [0.25, 0.3) is 0 Å². The first-order chi connectivity index (χ1) is 14.0. The van der Waals surface area contributed by atoms with E-state index in [0.717, 1.165) is 38.5 Å². The van der Waals surface area contributed by atoms with E-state index in [9.17, 15) is 18.0 Å². The maximum atomic E-state index is 13.5. The zero-order chi connectivity index (χ0) is 20.4. The number of ketones is 1. The van der Waals surface area contributed by atoms with Crippen LogP contribution in [0.5, 0.6) is 0 Å².